The van der Waals surface area contributed by atoms with E-state index in [0.29, 0.717) is 5.75 Å². The third kappa shape index (κ3) is 3.50. The average Bonchev–Trinajstić information content (AvgIpc) is 2.81. The van der Waals surface area contributed by atoms with Gasteiger partial charge in [0.2, 0.25) is 0 Å². The lowest BCUT2D eigenvalue weighted by Gasteiger charge is -2.47. The summed E-state index contributed by atoms with van der Waals surface area (Å²) in [7, 11) is 3.33. The zero-order valence-corrected chi connectivity index (χ0v) is 19.4. The van der Waals surface area contributed by atoms with E-state index >= 15 is 0 Å². The summed E-state index contributed by atoms with van der Waals surface area (Å²) in [6, 6.07) is 19.2. The molecule has 3 aromatic rings. The third-order valence-corrected chi connectivity index (χ3v) is 7.44. The monoisotopic (exact) mass is 479 g/mol. The van der Waals surface area contributed by atoms with Crippen LogP contribution in [0.3, 0.4) is 0 Å². The summed E-state index contributed by atoms with van der Waals surface area (Å²) < 4.78 is 12.0. The van der Waals surface area contributed by atoms with Gasteiger partial charge in [0.15, 0.2) is 11.5 Å². The Labute approximate surface area is 191 Å². The predicted octanol–water partition coefficient (Wildman–Crippen LogP) is 5.61. The van der Waals surface area contributed by atoms with E-state index in [1.54, 1.807) is 14.2 Å². The minimum Gasteiger partial charge on any atom is -0.504 e. The number of hydrogen-bond donors (Lipinski definition) is 1. The van der Waals surface area contributed by atoms with Crippen LogP contribution in [0, 0.1) is 0 Å². The molecule has 0 saturated carbocycles. The molecular formula is C26H26BrNO3. The van der Waals surface area contributed by atoms with Crippen molar-refractivity contribution in [3.8, 4) is 17.2 Å². The fourth-order valence-corrected chi connectivity index (χ4v) is 5.83. The molecule has 0 amide bonds. The van der Waals surface area contributed by atoms with Crippen molar-refractivity contribution in [3.63, 3.8) is 0 Å². The van der Waals surface area contributed by atoms with Crippen LogP contribution in [-0.2, 0) is 19.3 Å². The molecule has 0 bridgehead atoms. The Morgan fingerprint density at radius 3 is 2.61 bits per heavy atom. The fraction of sp³-hybridized carbons (Fsp3) is 0.308. The van der Waals surface area contributed by atoms with Gasteiger partial charge in [-0.2, -0.15) is 0 Å². The number of phenolic OH excluding ortho intramolecular Hbond substituents is 1. The molecule has 0 aliphatic carbocycles. The van der Waals surface area contributed by atoms with Crippen molar-refractivity contribution in [2.45, 2.75) is 31.3 Å². The molecule has 0 saturated heterocycles. The summed E-state index contributed by atoms with van der Waals surface area (Å²) in [5, 5.41) is 11.2. The Morgan fingerprint density at radius 2 is 1.87 bits per heavy atom. The van der Waals surface area contributed by atoms with E-state index in [4.69, 9.17) is 9.47 Å². The zero-order chi connectivity index (χ0) is 21.5. The third-order valence-electron chi connectivity index (χ3n) is 6.73. The van der Waals surface area contributed by atoms with Crippen LogP contribution in [0.4, 0.5) is 0 Å². The highest BCUT2D eigenvalue weighted by molar-refractivity contribution is 9.10. The van der Waals surface area contributed by atoms with Gasteiger partial charge in [-0.05, 0) is 59.7 Å². The molecule has 1 N–H and O–H groups in total. The molecule has 160 valence electrons. The smallest absolute Gasteiger partial charge is 0.162 e. The molecule has 5 rings (SSSR count). The number of nitrogens with zero attached hydrogens (tertiary/aromatic N) is 1. The number of benzene rings is 3. The first kappa shape index (κ1) is 20.4. The summed E-state index contributed by atoms with van der Waals surface area (Å²) in [4.78, 5) is 2.57. The highest BCUT2D eigenvalue weighted by atomic mass is 79.9. The van der Waals surface area contributed by atoms with Crippen LogP contribution in [0.25, 0.3) is 0 Å². The Kier molecular flexibility index (Phi) is 5.40. The van der Waals surface area contributed by atoms with E-state index in [1.807, 2.05) is 12.1 Å². The molecule has 0 spiro atoms. The number of hydrogen-bond acceptors (Lipinski definition) is 4. The number of methoxy groups -OCH3 is 2. The van der Waals surface area contributed by atoms with E-state index in [0.717, 1.165) is 41.6 Å². The minimum atomic E-state index is 0.0674. The lowest BCUT2D eigenvalue weighted by molar-refractivity contribution is 0.103. The maximum atomic E-state index is 11.2. The lowest BCUT2D eigenvalue weighted by atomic mass is 9.78. The van der Waals surface area contributed by atoms with Crippen LogP contribution in [0.15, 0.2) is 59.1 Å². The molecule has 2 unspecified atom stereocenters. The summed E-state index contributed by atoms with van der Waals surface area (Å²) in [5.74, 6) is 1.69. The summed E-state index contributed by atoms with van der Waals surface area (Å²) in [6.07, 6.45) is 2.65. The normalized spacial score (nSPS) is 19.8. The van der Waals surface area contributed by atoms with E-state index in [2.05, 4.69) is 63.3 Å². The average molecular weight is 480 g/mol. The predicted molar refractivity (Wildman–Crippen MR) is 125 cm³/mol. The van der Waals surface area contributed by atoms with Gasteiger partial charge in [0, 0.05) is 28.7 Å². The van der Waals surface area contributed by atoms with E-state index in [-0.39, 0.29) is 17.8 Å². The van der Waals surface area contributed by atoms with Crippen LogP contribution >= 0.6 is 15.9 Å². The molecule has 0 radical (unpaired) electrons. The Balaban J connectivity index is 1.66. The van der Waals surface area contributed by atoms with E-state index < -0.39 is 0 Å². The van der Waals surface area contributed by atoms with Gasteiger partial charge in [-0.1, -0.05) is 52.3 Å². The number of aromatic hydroxyl groups is 1. The largest absolute Gasteiger partial charge is 0.504 e. The van der Waals surface area contributed by atoms with Crippen molar-refractivity contribution >= 4 is 15.9 Å². The number of ether oxygens (including phenoxy) is 2. The van der Waals surface area contributed by atoms with Gasteiger partial charge in [0.1, 0.15) is 5.75 Å². The molecule has 2 heterocycles. The van der Waals surface area contributed by atoms with Crippen molar-refractivity contribution in [1.82, 2.24) is 4.90 Å². The summed E-state index contributed by atoms with van der Waals surface area (Å²) in [6.45, 7) is 0.941. The van der Waals surface area contributed by atoms with Crippen molar-refractivity contribution in [3.05, 3.63) is 86.9 Å². The van der Waals surface area contributed by atoms with Crippen LogP contribution < -0.4 is 9.47 Å². The Hall–Kier alpha value is -2.50. The lowest BCUT2D eigenvalue weighted by Crippen LogP contribution is -2.43. The SMILES string of the molecule is COc1ccc2c(c1)CCN1C2Cc2c(Br)cc(OC)c(O)c2C1Cc1ccccc1. The molecule has 4 nitrogen and oxygen atoms in total. The van der Waals surface area contributed by atoms with Crippen LogP contribution in [0.1, 0.15) is 39.9 Å². The summed E-state index contributed by atoms with van der Waals surface area (Å²) >= 11 is 3.77. The van der Waals surface area contributed by atoms with Crippen molar-refractivity contribution in [2.75, 3.05) is 20.8 Å². The van der Waals surface area contributed by atoms with Crippen molar-refractivity contribution in [1.29, 1.82) is 0 Å². The van der Waals surface area contributed by atoms with E-state index in [9.17, 15) is 5.11 Å². The van der Waals surface area contributed by atoms with Crippen molar-refractivity contribution < 1.29 is 14.6 Å². The first-order valence-corrected chi connectivity index (χ1v) is 11.4. The number of rotatable bonds is 4. The van der Waals surface area contributed by atoms with Crippen LogP contribution in [0.2, 0.25) is 0 Å². The Morgan fingerprint density at radius 1 is 1.06 bits per heavy atom. The fourth-order valence-electron chi connectivity index (χ4n) is 5.25. The van der Waals surface area contributed by atoms with Crippen LogP contribution in [0.5, 0.6) is 17.2 Å². The van der Waals surface area contributed by atoms with Gasteiger partial charge in [0.05, 0.1) is 14.2 Å². The second-order valence-corrected chi connectivity index (χ2v) is 9.13. The molecule has 2 aliphatic rings. The first-order chi connectivity index (χ1) is 15.1. The number of halogens is 1. The number of phenols is 1. The quantitative estimate of drug-likeness (QED) is 0.527. The molecule has 3 aromatic carbocycles. The maximum absolute atomic E-state index is 11.2. The molecule has 2 aliphatic heterocycles. The van der Waals surface area contributed by atoms with Gasteiger partial charge >= 0.3 is 0 Å². The topological polar surface area (TPSA) is 41.9 Å². The number of fused-ring (bicyclic) bond motifs is 4. The molecule has 31 heavy (non-hydrogen) atoms. The minimum absolute atomic E-state index is 0.0674. The first-order valence-electron chi connectivity index (χ1n) is 10.7. The van der Waals surface area contributed by atoms with Gasteiger partial charge in [0.25, 0.3) is 0 Å². The van der Waals surface area contributed by atoms with E-state index in [1.165, 1.54) is 22.3 Å². The molecule has 2 atom stereocenters. The van der Waals surface area contributed by atoms with Gasteiger partial charge < -0.3 is 14.6 Å². The maximum Gasteiger partial charge on any atom is 0.162 e. The van der Waals surface area contributed by atoms with Gasteiger partial charge in [-0.25, -0.2) is 0 Å². The standard InChI is InChI=1S/C26H26BrNO3/c1-30-18-8-9-19-17(13-18)10-11-28-22(19)14-20-21(27)15-24(31-2)26(29)25(20)23(28)12-16-6-4-3-5-7-16/h3-9,13,15,22-23,29H,10-12,14H2,1-2H3. The molecule has 5 heteroatoms. The van der Waals surface area contributed by atoms with Crippen molar-refractivity contribution in [2.24, 2.45) is 0 Å². The molecule has 0 fully saturated rings. The Bertz CT molecular complexity index is 1120. The summed E-state index contributed by atoms with van der Waals surface area (Å²) in [5.41, 5.74) is 6.14. The van der Waals surface area contributed by atoms with Crippen LogP contribution in [-0.4, -0.2) is 30.8 Å². The molecule has 0 aromatic heterocycles. The highest BCUT2D eigenvalue weighted by Gasteiger charge is 2.41. The molecular weight excluding hydrogens is 454 g/mol. The van der Waals surface area contributed by atoms with Gasteiger partial charge in [-0.3, -0.25) is 4.90 Å². The van der Waals surface area contributed by atoms with Gasteiger partial charge in [-0.15, -0.1) is 0 Å². The highest BCUT2D eigenvalue weighted by Crippen LogP contribution is 2.52. The second-order valence-electron chi connectivity index (χ2n) is 8.28. The second kappa shape index (κ2) is 8.21. The zero-order valence-electron chi connectivity index (χ0n) is 17.8.